The number of unbranched alkanes of at least 4 members (excludes halogenated alkanes) is 2. The van der Waals surface area contributed by atoms with Gasteiger partial charge in [-0.25, -0.2) is 0 Å². The molecule has 1 fully saturated rings. The number of carbonyl (C=O) groups excluding carboxylic acids is 3. The van der Waals surface area contributed by atoms with Gasteiger partial charge in [0.2, 0.25) is 5.91 Å². The highest BCUT2D eigenvalue weighted by atomic mass is 35.5. The van der Waals surface area contributed by atoms with Crippen LogP contribution in [0.15, 0.2) is 42.6 Å². The van der Waals surface area contributed by atoms with Crippen LogP contribution in [0.2, 0.25) is 0 Å². The first kappa shape index (κ1) is 27.7. The smallest absolute Gasteiger partial charge is 0.306 e. The van der Waals surface area contributed by atoms with Gasteiger partial charge in [0.15, 0.2) is 6.10 Å². The minimum absolute atomic E-state index is 0. The van der Waals surface area contributed by atoms with Crippen LogP contribution in [0.5, 0.6) is 5.75 Å². The van der Waals surface area contributed by atoms with Gasteiger partial charge in [0.05, 0.1) is 5.25 Å². The molecule has 2 amide bonds. The molecule has 184 valence electrons. The van der Waals surface area contributed by atoms with Crippen LogP contribution in [0.25, 0.3) is 0 Å². The Balaban J connectivity index is 0.00000408. The second kappa shape index (κ2) is 14.0. The molecule has 1 aliphatic heterocycles. The molecule has 2 aromatic rings. The number of hydrogen-bond donors (Lipinski definition) is 1. The lowest BCUT2D eigenvalue weighted by molar-refractivity contribution is -0.151. The Morgan fingerprint density at radius 2 is 1.88 bits per heavy atom. The van der Waals surface area contributed by atoms with E-state index in [0.717, 1.165) is 54.3 Å². The number of aromatic nitrogens is 1. The Morgan fingerprint density at radius 1 is 1.12 bits per heavy atom. The second-order valence-electron chi connectivity index (χ2n) is 7.91. The second-order valence-corrected chi connectivity index (χ2v) is 9.09. The van der Waals surface area contributed by atoms with E-state index in [1.165, 1.54) is 0 Å². The fraction of sp³-hybridized carbons (Fsp3) is 0.440. The van der Waals surface area contributed by atoms with E-state index in [1.807, 2.05) is 43.3 Å². The zero-order valence-corrected chi connectivity index (χ0v) is 21.1. The molecule has 0 aliphatic carbocycles. The highest BCUT2D eigenvalue weighted by molar-refractivity contribution is 8.15. The van der Waals surface area contributed by atoms with E-state index in [4.69, 9.17) is 9.47 Å². The number of esters is 1. The number of carbonyl (C=O) groups is 3. The van der Waals surface area contributed by atoms with Gasteiger partial charge in [-0.15, -0.1) is 12.4 Å². The molecule has 1 N–H and O–H groups in total. The van der Waals surface area contributed by atoms with Gasteiger partial charge in [-0.3, -0.25) is 24.7 Å². The summed E-state index contributed by atoms with van der Waals surface area (Å²) in [5.41, 5.74) is 2.70. The molecule has 1 aliphatic rings. The van der Waals surface area contributed by atoms with Gasteiger partial charge in [0.25, 0.3) is 5.24 Å². The quantitative estimate of drug-likeness (QED) is 0.312. The lowest BCUT2D eigenvalue weighted by Crippen LogP contribution is -2.25. The van der Waals surface area contributed by atoms with Crippen molar-refractivity contribution < 1.29 is 23.9 Å². The number of halogens is 1. The number of nitrogens with zero attached hydrogens (tertiary/aromatic N) is 1. The molecule has 1 aromatic carbocycles. The molecule has 3 rings (SSSR count). The molecular formula is C25H31ClN2O5S. The highest BCUT2D eigenvalue weighted by Crippen LogP contribution is 2.25. The summed E-state index contributed by atoms with van der Waals surface area (Å²) in [6.07, 6.45) is 5.70. The van der Waals surface area contributed by atoms with Crippen LogP contribution in [-0.2, 0) is 27.2 Å². The van der Waals surface area contributed by atoms with Crippen LogP contribution in [0.4, 0.5) is 4.79 Å². The van der Waals surface area contributed by atoms with E-state index < -0.39 is 11.4 Å². The third-order valence-corrected chi connectivity index (χ3v) is 6.33. The van der Waals surface area contributed by atoms with E-state index in [0.29, 0.717) is 18.6 Å². The number of ether oxygens (including phenoxy) is 2. The summed E-state index contributed by atoms with van der Waals surface area (Å²) in [6.45, 7) is 4.30. The Bertz CT molecular complexity index is 953. The van der Waals surface area contributed by atoms with Crippen molar-refractivity contribution in [3.05, 3.63) is 59.4 Å². The van der Waals surface area contributed by atoms with Gasteiger partial charge in [-0.05, 0) is 43.0 Å². The van der Waals surface area contributed by atoms with Crippen molar-refractivity contribution in [2.24, 2.45) is 0 Å². The first-order chi connectivity index (χ1) is 16.0. The predicted octanol–water partition coefficient (Wildman–Crippen LogP) is 5.20. The summed E-state index contributed by atoms with van der Waals surface area (Å²) >= 11 is 1.01. The number of benzene rings is 1. The first-order valence-corrected chi connectivity index (χ1v) is 12.2. The highest BCUT2D eigenvalue weighted by Gasteiger charge is 2.31. The number of thioether (sulfide) groups is 1. The number of aryl methyl sites for hydroxylation is 1. The molecule has 1 aromatic heterocycles. The molecular weight excluding hydrogens is 476 g/mol. The number of nitrogens with one attached hydrogen (secondary N) is 1. The van der Waals surface area contributed by atoms with Gasteiger partial charge in [-0.2, -0.15) is 0 Å². The lowest BCUT2D eigenvalue weighted by atomic mass is 10.1. The van der Waals surface area contributed by atoms with Crippen molar-refractivity contribution in [1.29, 1.82) is 0 Å². The normalized spacial score (nSPS) is 15.9. The van der Waals surface area contributed by atoms with Crippen LogP contribution in [0, 0.1) is 0 Å². The predicted molar refractivity (Wildman–Crippen MR) is 134 cm³/mol. The molecule has 0 spiro atoms. The average molecular weight is 507 g/mol. The van der Waals surface area contributed by atoms with E-state index in [9.17, 15) is 14.4 Å². The van der Waals surface area contributed by atoms with Crippen LogP contribution >= 0.6 is 24.2 Å². The standard InChI is InChI=1S/C25H30N2O5S.ClH/c1-3-5-6-7-23(28)32-21(18-10-11-19(4-2)26-15-18)16-31-20-12-8-17(9-13-20)14-22-24(29)27-25(30)33-22;/h8-13,15,21-22H,3-7,14,16H2,1-2H3,(H,27,29,30);1H/t21-,22?;/m0./s1. The van der Waals surface area contributed by atoms with Crippen molar-refractivity contribution in [1.82, 2.24) is 10.3 Å². The van der Waals surface area contributed by atoms with Crippen LogP contribution in [0.3, 0.4) is 0 Å². The van der Waals surface area contributed by atoms with Crippen LogP contribution in [0.1, 0.15) is 62.5 Å². The maximum Gasteiger partial charge on any atom is 0.306 e. The fourth-order valence-electron chi connectivity index (χ4n) is 3.41. The van der Waals surface area contributed by atoms with E-state index in [1.54, 1.807) is 6.20 Å². The molecule has 2 heterocycles. The lowest BCUT2D eigenvalue weighted by Gasteiger charge is -2.19. The zero-order valence-electron chi connectivity index (χ0n) is 19.5. The Labute approximate surface area is 210 Å². The molecule has 1 saturated heterocycles. The van der Waals surface area contributed by atoms with E-state index in [2.05, 4.69) is 17.2 Å². The van der Waals surface area contributed by atoms with Crippen LogP contribution < -0.4 is 10.1 Å². The molecule has 1 unspecified atom stereocenters. The fourth-order valence-corrected chi connectivity index (χ4v) is 4.27. The minimum atomic E-state index is -0.554. The van der Waals surface area contributed by atoms with Gasteiger partial charge < -0.3 is 9.47 Å². The Hall–Kier alpha value is -2.58. The third kappa shape index (κ3) is 8.33. The topological polar surface area (TPSA) is 94.6 Å². The van der Waals surface area contributed by atoms with Gasteiger partial charge in [-0.1, -0.05) is 56.7 Å². The summed E-state index contributed by atoms with van der Waals surface area (Å²) in [6, 6.07) is 11.2. The van der Waals surface area contributed by atoms with E-state index in [-0.39, 0.29) is 36.1 Å². The molecule has 0 bridgehead atoms. The minimum Gasteiger partial charge on any atom is -0.489 e. The van der Waals surface area contributed by atoms with Crippen molar-refractivity contribution in [2.75, 3.05) is 6.61 Å². The molecule has 0 radical (unpaired) electrons. The molecule has 9 heteroatoms. The summed E-state index contributed by atoms with van der Waals surface area (Å²) < 4.78 is 11.7. The van der Waals surface area contributed by atoms with Gasteiger partial charge >= 0.3 is 5.97 Å². The third-order valence-electron chi connectivity index (χ3n) is 5.35. The maximum absolute atomic E-state index is 12.3. The average Bonchev–Trinajstić information content (AvgIpc) is 3.14. The SMILES string of the molecule is CCCCCC(=O)O[C@@H](COc1ccc(CC2SC(=O)NC2=O)cc1)c1ccc(CC)nc1.Cl. The summed E-state index contributed by atoms with van der Waals surface area (Å²) in [4.78, 5) is 39.8. The number of pyridine rings is 1. The Morgan fingerprint density at radius 3 is 2.47 bits per heavy atom. The van der Waals surface area contributed by atoms with Crippen molar-refractivity contribution in [3.8, 4) is 5.75 Å². The molecule has 7 nitrogen and oxygen atoms in total. The summed E-state index contributed by atoms with van der Waals surface area (Å²) in [7, 11) is 0. The van der Waals surface area contributed by atoms with E-state index >= 15 is 0 Å². The van der Waals surface area contributed by atoms with Crippen molar-refractivity contribution in [2.45, 2.75) is 63.7 Å². The van der Waals surface area contributed by atoms with Gasteiger partial charge in [0, 0.05) is 23.9 Å². The molecule has 0 saturated carbocycles. The molecule has 34 heavy (non-hydrogen) atoms. The van der Waals surface area contributed by atoms with Gasteiger partial charge in [0.1, 0.15) is 12.4 Å². The number of amides is 2. The number of imide groups is 1. The maximum atomic E-state index is 12.3. The van der Waals surface area contributed by atoms with Crippen molar-refractivity contribution in [3.63, 3.8) is 0 Å². The summed E-state index contributed by atoms with van der Waals surface area (Å²) in [5, 5.41) is 1.59. The number of rotatable bonds is 12. The Kier molecular flexibility index (Phi) is 11.4. The first-order valence-electron chi connectivity index (χ1n) is 11.4. The molecule has 2 atom stereocenters. The van der Waals surface area contributed by atoms with Crippen LogP contribution in [-0.4, -0.2) is 34.0 Å². The summed E-state index contributed by atoms with van der Waals surface area (Å²) in [5.74, 6) is 0.133. The number of hydrogen-bond acceptors (Lipinski definition) is 7. The van der Waals surface area contributed by atoms with Crippen molar-refractivity contribution >= 4 is 41.3 Å². The largest absolute Gasteiger partial charge is 0.489 e. The zero-order chi connectivity index (χ0) is 23.6. The monoisotopic (exact) mass is 506 g/mol.